The van der Waals surface area contributed by atoms with Crippen molar-refractivity contribution in [2.75, 3.05) is 26.2 Å². The van der Waals surface area contributed by atoms with E-state index in [1.54, 1.807) is 0 Å². The zero-order valence-electron chi connectivity index (χ0n) is 19.3. The zero-order chi connectivity index (χ0) is 24.0. The van der Waals surface area contributed by atoms with Gasteiger partial charge in [-0.05, 0) is 38.5 Å². The van der Waals surface area contributed by atoms with Gasteiger partial charge in [0.15, 0.2) is 11.6 Å². The van der Waals surface area contributed by atoms with Gasteiger partial charge in [0.1, 0.15) is 19.0 Å². The Morgan fingerprint density at radius 3 is 2.34 bits per heavy atom. The molecule has 12 heteroatoms. The first-order chi connectivity index (χ1) is 16.7. The molecule has 0 aromatic carbocycles. The number of hydrogen-bond donors (Lipinski definition) is 0. The lowest BCUT2D eigenvalue weighted by Crippen LogP contribution is -2.71. The van der Waals surface area contributed by atoms with Crippen molar-refractivity contribution in [3.8, 4) is 5.75 Å². The number of urea groups is 1. The van der Waals surface area contributed by atoms with Crippen LogP contribution in [0.15, 0.2) is 18.7 Å². The van der Waals surface area contributed by atoms with Gasteiger partial charge in [-0.3, -0.25) is 4.68 Å². The molecule has 0 unspecified atom stereocenters. The van der Waals surface area contributed by atoms with Crippen LogP contribution < -0.4 is 4.74 Å². The van der Waals surface area contributed by atoms with Crippen LogP contribution in [0, 0.1) is 10.8 Å². The standard InChI is InChI=1S/C23H28F3N7O2/c24-23(25,26)13-32-8-18(7-28-32)35-17-5-22(6-17)11-31(12-22)20(34)30-9-21(10-30)3-16(4-21)33-14-27-19(29-33)15-1-2-15/h7-8,14-17H,1-6,9-13H2. The second kappa shape index (κ2) is 7.13. The maximum atomic E-state index is 12.9. The molecule has 9 nitrogen and oxygen atoms in total. The fraction of sp³-hybridized carbons (Fsp3) is 0.739. The number of amides is 2. The van der Waals surface area contributed by atoms with Crippen LogP contribution in [0.4, 0.5) is 18.0 Å². The molecule has 2 amide bonds. The van der Waals surface area contributed by atoms with Crippen LogP contribution in [0.3, 0.4) is 0 Å². The Morgan fingerprint density at radius 1 is 1.06 bits per heavy atom. The Hall–Kier alpha value is -2.79. The van der Waals surface area contributed by atoms with E-state index in [9.17, 15) is 18.0 Å². The SMILES string of the molecule is O=C(N1CC2(CC(Oc3cnn(CC(F)(F)F)c3)C2)C1)N1CC2(CC(n3cnc(C4CC4)n3)C2)C1. The summed E-state index contributed by atoms with van der Waals surface area (Å²) < 4.78 is 46.1. The van der Waals surface area contributed by atoms with E-state index < -0.39 is 12.7 Å². The molecule has 5 fully saturated rings. The van der Waals surface area contributed by atoms with Gasteiger partial charge in [0, 0.05) is 42.9 Å². The van der Waals surface area contributed by atoms with E-state index in [1.807, 2.05) is 20.8 Å². The minimum atomic E-state index is -4.31. The van der Waals surface area contributed by atoms with Crippen molar-refractivity contribution in [3.63, 3.8) is 0 Å². The highest BCUT2D eigenvalue weighted by atomic mass is 19.4. The highest BCUT2D eigenvalue weighted by Gasteiger charge is 2.59. The normalized spacial score (nSPS) is 25.2. The number of carbonyl (C=O) groups is 1. The quantitative estimate of drug-likeness (QED) is 0.642. The Labute approximate surface area is 200 Å². The summed E-state index contributed by atoms with van der Waals surface area (Å²) in [6.07, 6.45) is 6.31. The Balaban J connectivity index is 0.832. The number of carbonyl (C=O) groups excluding carboxylic acids is 1. The molecule has 4 heterocycles. The largest absolute Gasteiger partial charge is 0.487 e. The van der Waals surface area contributed by atoms with E-state index in [1.165, 1.54) is 25.2 Å². The monoisotopic (exact) mass is 491 g/mol. The summed E-state index contributed by atoms with van der Waals surface area (Å²) in [6, 6.07) is 0.534. The van der Waals surface area contributed by atoms with Crippen molar-refractivity contribution in [2.45, 2.75) is 69.3 Å². The second-order valence-corrected chi connectivity index (χ2v) is 11.6. The lowest BCUT2D eigenvalue weighted by molar-refractivity contribution is -0.142. The molecule has 188 valence electrons. The summed E-state index contributed by atoms with van der Waals surface area (Å²) in [5.74, 6) is 1.92. The summed E-state index contributed by atoms with van der Waals surface area (Å²) in [6.45, 7) is 1.98. The number of rotatable bonds is 5. The van der Waals surface area contributed by atoms with E-state index in [0.717, 1.165) is 62.4 Å². The van der Waals surface area contributed by atoms with Crippen molar-refractivity contribution >= 4 is 6.03 Å². The maximum Gasteiger partial charge on any atom is 0.408 e. The molecule has 2 aromatic heterocycles. The van der Waals surface area contributed by atoms with Crippen molar-refractivity contribution in [1.29, 1.82) is 0 Å². The highest BCUT2D eigenvalue weighted by molar-refractivity contribution is 5.77. The second-order valence-electron chi connectivity index (χ2n) is 11.6. The predicted octanol–water partition coefficient (Wildman–Crippen LogP) is 3.21. The lowest BCUT2D eigenvalue weighted by atomic mass is 9.60. The predicted molar refractivity (Wildman–Crippen MR) is 116 cm³/mol. The molecule has 35 heavy (non-hydrogen) atoms. The third kappa shape index (κ3) is 3.85. The summed E-state index contributed by atoms with van der Waals surface area (Å²) in [4.78, 5) is 21.2. The van der Waals surface area contributed by atoms with Gasteiger partial charge in [-0.1, -0.05) is 0 Å². The molecule has 2 aromatic rings. The van der Waals surface area contributed by atoms with Gasteiger partial charge in [0.05, 0.1) is 18.4 Å². The Bertz CT molecular complexity index is 1130. The van der Waals surface area contributed by atoms with Crippen molar-refractivity contribution in [1.82, 2.24) is 34.3 Å². The van der Waals surface area contributed by atoms with Crippen LogP contribution in [0.25, 0.3) is 0 Å². The van der Waals surface area contributed by atoms with Gasteiger partial charge in [0.25, 0.3) is 0 Å². The number of hydrogen-bond acceptors (Lipinski definition) is 5. The average molecular weight is 492 g/mol. The molecule has 2 saturated heterocycles. The van der Waals surface area contributed by atoms with Crippen LogP contribution in [0.1, 0.15) is 56.3 Å². The van der Waals surface area contributed by atoms with E-state index in [0.29, 0.717) is 17.7 Å². The number of halogens is 3. The number of aromatic nitrogens is 5. The van der Waals surface area contributed by atoms with Gasteiger partial charge >= 0.3 is 12.2 Å². The lowest BCUT2D eigenvalue weighted by Gasteiger charge is -2.63. The molecule has 0 radical (unpaired) electrons. The average Bonchev–Trinajstić information content (AvgIpc) is 3.24. The van der Waals surface area contributed by atoms with E-state index >= 15 is 0 Å². The smallest absolute Gasteiger partial charge is 0.408 e. The van der Waals surface area contributed by atoms with Gasteiger partial charge in [-0.15, -0.1) is 0 Å². The summed E-state index contributed by atoms with van der Waals surface area (Å²) >= 11 is 0. The molecule has 3 saturated carbocycles. The Kier molecular flexibility index (Phi) is 4.38. The van der Waals surface area contributed by atoms with Crippen LogP contribution in [-0.4, -0.2) is 78.8 Å². The summed E-state index contributed by atoms with van der Waals surface area (Å²) in [5.41, 5.74) is 0.347. The van der Waals surface area contributed by atoms with E-state index in [-0.39, 0.29) is 23.0 Å². The zero-order valence-corrected chi connectivity index (χ0v) is 19.3. The molecule has 0 N–H and O–H groups in total. The molecular weight excluding hydrogens is 463 g/mol. The van der Waals surface area contributed by atoms with Crippen LogP contribution in [0.5, 0.6) is 5.75 Å². The molecule has 2 spiro atoms. The number of ether oxygens (including phenoxy) is 1. The minimum absolute atomic E-state index is 0.0350. The van der Waals surface area contributed by atoms with E-state index in [2.05, 4.69) is 15.2 Å². The number of alkyl halides is 3. The Morgan fingerprint density at radius 2 is 1.71 bits per heavy atom. The van der Waals surface area contributed by atoms with Gasteiger partial charge in [0.2, 0.25) is 0 Å². The fourth-order valence-corrected chi connectivity index (χ4v) is 6.49. The fourth-order valence-electron chi connectivity index (χ4n) is 6.49. The first-order valence-electron chi connectivity index (χ1n) is 12.4. The summed E-state index contributed by atoms with van der Waals surface area (Å²) in [7, 11) is 0. The van der Waals surface area contributed by atoms with Gasteiger partial charge in [-0.2, -0.15) is 23.4 Å². The molecule has 3 aliphatic carbocycles. The third-order valence-corrected chi connectivity index (χ3v) is 8.40. The molecule has 7 rings (SSSR count). The number of nitrogens with zero attached hydrogens (tertiary/aromatic N) is 7. The third-order valence-electron chi connectivity index (χ3n) is 8.40. The van der Waals surface area contributed by atoms with Crippen LogP contribution >= 0.6 is 0 Å². The van der Waals surface area contributed by atoms with Crippen LogP contribution in [0.2, 0.25) is 0 Å². The molecular formula is C23H28F3N7O2. The van der Waals surface area contributed by atoms with Crippen molar-refractivity contribution < 1.29 is 22.7 Å². The van der Waals surface area contributed by atoms with Gasteiger partial charge < -0.3 is 14.5 Å². The molecule has 5 aliphatic rings. The topological polar surface area (TPSA) is 81.3 Å². The van der Waals surface area contributed by atoms with Crippen LogP contribution in [-0.2, 0) is 6.54 Å². The highest BCUT2D eigenvalue weighted by Crippen LogP contribution is 2.55. The molecule has 2 aliphatic heterocycles. The molecule has 0 bridgehead atoms. The summed E-state index contributed by atoms with van der Waals surface area (Å²) in [5, 5.41) is 8.37. The minimum Gasteiger partial charge on any atom is -0.487 e. The van der Waals surface area contributed by atoms with Gasteiger partial charge in [-0.25, -0.2) is 14.5 Å². The first-order valence-corrected chi connectivity index (χ1v) is 12.4. The van der Waals surface area contributed by atoms with Crippen molar-refractivity contribution in [3.05, 3.63) is 24.5 Å². The first kappa shape index (κ1) is 21.5. The van der Waals surface area contributed by atoms with E-state index in [4.69, 9.17) is 4.74 Å². The van der Waals surface area contributed by atoms with Crippen molar-refractivity contribution in [2.24, 2.45) is 10.8 Å². The molecule has 0 atom stereocenters. The number of likely N-dealkylation sites (tertiary alicyclic amines) is 2. The maximum absolute atomic E-state index is 12.9.